The van der Waals surface area contributed by atoms with Crippen LogP contribution in [0.4, 0.5) is 0 Å². The Hall–Kier alpha value is -0.700. The second-order valence-electron chi connectivity index (χ2n) is 4.98. The van der Waals surface area contributed by atoms with E-state index in [4.69, 9.17) is 4.74 Å². The van der Waals surface area contributed by atoms with Gasteiger partial charge >= 0.3 is 5.69 Å². The summed E-state index contributed by atoms with van der Waals surface area (Å²) in [5.74, 6) is 1.04. The molecule has 6 nitrogen and oxygen atoms in total. The smallest absolute Gasteiger partial charge is 0.330 e. The second kappa shape index (κ2) is 7.53. The molecule has 21 heavy (non-hydrogen) atoms. The number of aromatic amines is 1. The number of nitrogens with one attached hydrogen (secondary N) is 1. The zero-order valence-electron chi connectivity index (χ0n) is 12.1. The summed E-state index contributed by atoms with van der Waals surface area (Å²) in [4.78, 5) is 25.6. The van der Waals surface area contributed by atoms with E-state index in [-0.39, 0.29) is 23.5 Å². The maximum Gasteiger partial charge on any atom is 0.330 e. The molecule has 0 bridgehead atoms. The van der Waals surface area contributed by atoms with E-state index in [0.717, 1.165) is 12.2 Å². The summed E-state index contributed by atoms with van der Waals surface area (Å²) in [6.45, 7) is 3.70. The van der Waals surface area contributed by atoms with Crippen LogP contribution in [0, 0.1) is 6.92 Å². The van der Waals surface area contributed by atoms with E-state index in [0.29, 0.717) is 12.0 Å². The van der Waals surface area contributed by atoms with Crippen molar-refractivity contribution in [3.8, 4) is 0 Å². The topological polar surface area (TPSA) is 84.3 Å². The lowest BCUT2D eigenvalue weighted by Gasteiger charge is -2.15. The van der Waals surface area contributed by atoms with Gasteiger partial charge in [0, 0.05) is 29.2 Å². The quantitative estimate of drug-likeness (QED) is 0.603. The molecule has 1 saturated heterocycles. The van der Waals surface area contributed by atoms with E-state index >= 15 is 0 Å². The molecule has 2 rings (SSSR count). The predicted octanol–water partition coefficient (Wildman–Crippen LogP) is 1.28. The van der Waals surface area contributed by atoms with Gasteiger partial charge in [0.2, 0.25) is 0 Å². The second-order valence-corrected chi connectivity index (χ2v) is 7.71. The van der Waals surface area contributed by atoms with Gasteiger partial charge in [-0.15, -0.1) is 0 Å². The Bertz CT molecular complexity index is 586. The average molecular weight is 332 g/mol. The fourth-order valence-corrected chi connectivity index (χ4v) is 5.03. The van der Waals surface area contributed by atoms with Crippen molar-refractivity contribution in [1.29, 1.82) is 0 Å². The molecule has 1 aromatic rings. The molecule has 0 radical (unpaired) electrons. The molecule has 0 aliphatic carbocycles. The van der Waals surface area contributed by atoms with Gasteiger partial charge < -0.3 is 9.84 Å². The first-order valence-electron chi connectivity index (χ1n) is 6.93. The molecule has 1 aliphatic rings. The van der Waals surface area contributed by atoms with Crippen molar-refractivity contribution < 1.29 is 9.84 Å². The van der Waals surface area contributed by atoms with Crippen LogP contribution in [0.1, 0.15) is 31.6 Å². The highest BCUT2D eigenvalue weighted by Crippen LogP contribution is 2.40. The van der Waals surface area contributed by atoms with Crippen LogP contribution in [0.5, 0.6) is 0 Å². The van der Waals surface area contributed by atoms with E-state index in [1.165, 1.54) is 10.8 Å². The van der Waals surface area contributed by atoms with Gasteiger partial charge in [0.1, 0.15) is 6.23 Å². The molecule has 0 aromatic carbocycles. The Balaban J connectivity index is 2.13. The molecule has 8 heteroatoms. The molecule has 2 N–H and O–H groups in total. The third kappa shape index (κ3) is 3.94. The van der Waals surface area contributed by atoms with Gasteiger partial charge in [0.15, 0.2) is 0 Å². The number of ether oxygens (including phenoxy) is 1. The number of rotatable bonds is 6. The number of aryl methyl sites for hydroxylation is 1. The zero-order valence-corrected chi connectivity index (χ0v) is 13.7. The van der Waals surface area contributed by atoms with Crippen LogP contribution in [-0.2, 0) is 4.74 Å². The molecule has 3 atom stereocenters. The van der Waals surface area contributed by atoms with Gasteiger partial charge in [-0.25, -0.2) is 4.79 Å². The van der Waals surface area contributed by atoms with Crippen molar-refractivity contribution in [3.05, 3.63) is 32.6 Å². The average Bonchev–Trinajstić information content (AvgIpc) is 2.86. The van der Waals surface area contributed by atoms with Gasteiger partial charge in [0.05, 0.1) is 12.7 Å². The van der Waals surface area contributed by atoms with Crippen LogP contribution in [-0.4, -0.2) is 38.4 Å². The van der Waals surface area contributed by atoms with Crippen LogP contribution in [0.3, 0.4) is 0 Å². The number of aliphatic hydroxyl groups is 1. The van der Waals surface area contributed by atoms with Crippen molar-refractivity contribution in [2.24, 2.45) is 0 Å². The van der Waals surface area contributed by atoms with Gasteiger partial charge in [-0.05, 0) is 13.3 Å². The SMILES string of the molecule is CCCSS[C@@H]1C[C@H](n2cc(C)c(=O)[nH]c2=O)O[C@@H]1CO. The first-order valence-corrected chi connectivity index (χ1v) is 9.31. The van der Waals surface area contributed by atoms with Crippen molar-refractivity contribution >= 4 is 21.6 Å². The molecule has 1 fully saturated rings. The van der Waals surface area contributed by atoms with E-state index < -0.39 is 11.9 Å². The Morgan fingerprint density at radius 3 is 2.95 bits per heavy atom. The first kappa shape index (κ1) is 16.7. The Morgan fingerprint density at radius 2 is 2.29 bits per heavy atom. The van der Waals surface area contributed by atoms with Crippen LogP contribution >= 0.6 is 21.6 Å². The highest BCUT2D eigenvalue weighted by molar-refractivity contribution is 8.76. The molecule has 0 saturated carbocycles. The van der Waals surface area contributed by atoms with Gasteiger partial charge in [-0.2, -0.15) is 0 Å². The minimum absolute atomic E-state index is 0.0715. The van der Waals surface area contributed by atoms with Crippen molar-refractivity contribution in [1.82, 2.24) is 9.55 Å². The van der Waals surface area contributed by atoms with Crippen LogP contribution in [0.2, 0.25) is 0 Å². The lowest BCUT2D eigenvalue weighted by atomic mass is 10.2. The maximum absolute atomic E-state index is 11.9. The molecule has 0 amide bonds. The highest BCUT2D eigenvalue weighted by Gasteiger charge is 2.36. The van der Waals surface area contributed by atoms with Gasteiger partial charge in [-0.3, -0.25) is 14.3 Å². The van der Waals surface area contributed by atoms with Gasteiger partial charge in [0.25, 0.3) is 5.56 Å². The van der Waals surface area contributed by atoms with Crippen LogP contribution in [0.15, 0.2) is 15.8 Å². The molecule has 0 spiro atoms. The summed E-state index contributed by atoms with van der Waals surface area (Å²) in [5.41, 5.74) is -0.383. The normalized spacial score (nSPS) is 25.4. The lowest BCUT2D eigenvalue weighted by Crippen LogP contribution is -2.33. The fourth-order valence-electron chi connectivity index (χ4n) is 2.16. The molecular formula is C13H20N2O4S2. The number of aliphatic hydroxyl groups excluding tert-OH is 1. The maximum atomic E-state index is 11.9. The molecule has 118 valence electrons. The summed E-state index contributed by atoms with van der Waals surface area (Å²) >= 11 is 0. The number of hydrogen-bond donors (Lipinski definition) is 2. The van der Waals surface area contributed by atoms with E-state index in [1.807, 2.05) is 0 Å². The van der Waals surface area contributed by atoms with E-state index in [2.05, 4.69) is 11.9 Å². The van der Waals surface area contributed by atoms with E-state index in [1.54, 1.807) is 28.5 Å². The Kier molecular flexibility index (Phi) is 5.98. The molecular weight excluding hydrogens is 312 g/mol. The standard InChI is InChI=1S/C13H20N2O4S2/c1-3-4-20-21-10-5-11(19-9(10)7-16)15-6-8(2)12(17)14-13(15)18/h6,9-11,16H,3-5,7H2,1-2H3,(H,14,17,18)/t9-,10-,11-/m1/s1. The van der Waals surface area contributed by atoms with Crippen molar-refractivity contribution in [3.63, 3.8) is 0 Å². The summed E-state index contributed by atoms with van der Waals surface area (Å²) in [6.07, 6.45) is 2.52. The minimum atomic E-state index is -0.473. The van der Waals surface area contributed by atoms with E-state index in [9.17, 15) is 14.7 Å². The molecule has 2 heterocycles. The van der Waals surface area contributed by atoms with Crippen LogP contribution in [0.25, 0.3) is 0 Å². The highest BCUT2D eigenvalue weighted by atomic mass is 33.1. The number of nitrogens with zero attached hydrogens (tertiary/aromatic N) is 1. The summed E-state index contributed by atoms with van der Waals surface area (Å²) < 4.78 is 7.18. The number of H-pyrrole nitrogens is 1. The fraction of sp³-hybridized carbons (Fsp3) is 0.692. The van der Waals surface area contributed by atoms with Crippen LogP contribution < -0.4 is 11.2 Å². The summed E-state index contributed by atoms with van der Waals surface area (Å²) in [7, 11) is 3.45. The third-order valence-electron chi connectivity index (χ3n) is 3.30. The zero-order chi connectivity index (χ0) is 15.4. The largest absolute Gasteiger partial charge is 0.394 e. The van der Waals surface area contributed by atoms with Crippen molar-refractivity contribution in [2.45, 2.75) is 44.3 Å². The molecule has 1 aromatic heterocycles. The summed E-state index contributed by atoms with van der Waals surface area (Å²) in [6, 6.07) is 0. The minimum Gasteiger partial charge on any atom is -0.394 e. The van der Waals surface area contributed by atoms with Crippen molar-refractivity contribution in [2.75, 3.05) is 12.4 Å². The Morgan fingerprint density at radius 1 is 1.52 bits per heavy atom. The summed E-state index contributed by atoms with van der Waals surface area (Å²) in [5, 5.41) is 9.57. The third-order valence-corrected chi connectivity index (χ3v) is 6.40. The Labute approximate surface area is 130 Å². The monoisotopic (exact) mass is 332 g/mol. The lowest BCUT2D eigenvalue weighted by molar-refractivity contribution is -0.0238. The predicted molar refractivity (Wildman–Crippen MR) is 85.8 cm³/mol. The molecule has 1 aliphatic heterocycles. The number of hydrogen-bond acceptors (Lipinski definition) is 6. The number of aromatic nitrogens is 2. The molecule has 0 unspecified atom stereocenters. The van der Waals surface area contributed by atoms with Gasteiger partial charge in [-0.1, -0.05) is 28.5 Å². The first-order chi connectivity index (χ1) is 10.1.